The van der Waals surface area contributed by atoms with Crippen molar-refractivity contribution >= 4 is 38.3 Å². The van der Waals surface area contributed by atoms with Crippen LogP contribution in [-0.4, -0.2) is 38.1 Å². The highest BCUT2D eigenvalue weighted by molar-refractivity contribution is 7.94. The number of aryl methyl sites for hydroxylation is 1. The standard InChI is InChI=1S/C35H38N2O5S/c1-26(37(34(39)42-35(2,3)4)31-22-20-28-15-11-12-16-29(28)25-31)33(38)36-30(21-19-27-13-7-5-8-14-27)23-24-43(40,41)32-17-9-6-10-18-32/h5-18,20,22-26,30H,19,21H2,1-4H3,(H,36,38)/b24-23+/t26?,30-/m0/s1. The zero-order chi connectivity index (χ0) is 31.0. The van der Waals surface area contributed by atoms with Gasteiger partial charge in [-0.05, 0) is 81.1 Å². The molecule has 7 nitrogen and oxygen atoms in total. The predicted molar refractivity (Wildman–Crippen MR) is 172 cm³/mol. The zero-order valence-electron chi connectivity index (χ0n) is 24.9. The molecule has 1 N–H and O–H groups in total. The molecule has 0 saturated carbocycles. The van der Waals surface area contributed by atoms with Crippen LogP contribution < -0.4 is 10.2 Å². The SMILES string of the molecule is CC(C(=O)N[C@H](/C=C/S(=O)(=O)c1ccccc1)CCc1ccccc1)N(C(=O)OC(C)(C)C)c1ccc2ccccc2c1. The van der Waals surface area contributed by atoms with Crippen LogP contribution in [0.3, 0.4) is 0 Å². The van der Waals surface area contributed by atoms with Crippen LogP contribution in [0, 0.1) is 0 Å². The second-order valence-electron chi connectivity index (χ2n) is 11.4. The number of nitrogens with zero attached hydrogens (tertiary/aromatic N) is 1. The van der Waals surface area contributed by atoms with E-state index >= 15 is 0 Å². The van der Waals surface area contributed by atoms with Gasteiger partial charge >= 0.3 is 6.09 Å². The zero-order valence-corrected chi connectivity index (χ0v) is 25.8. The average Bonchev–Trinajstić information content (AvgIpc) is 2.98. The first-order valence-electron chi connectivity index (χ1n) is 14.3. The van der Waals surface area contributed by atoms with Gasteiger partial charge in [-0.2, -0.15) is 0 Å². The Morgan fingerprint density at radius 2 is 1.47 bits per heavy atom. The summed E-state index contributed by atoms with van der Waals surface area (Å²) in [6.07, 6.45) is 1.90. The van der Waals surface area contributed by atoms with Gasteiger partial charge < -0.3 is 10.1 Å². The van der Waals surface area contributed by atoms with Gasteiger partial charge in [0.1, 0.15) is 11.6 Å². The summed E-state index contributed by atoms with van der Waals surface area (Å²) in [5.41, 5.74) is 0.786. The average molecular weight is 599 g/mol. The van der Waals surface area contributed by atoms with Crippen molar-refractivity contribution in [2.45, 2.75) is 63.1 Å². The van der Waals surface area contributed by atoms with E-state index in [9.17, 15) is 18.0 Å². The van der Waals surface area contributed by atoms with E-state index in [-0.39, 0.29) is 4.90 Å². The lowest BCUT2D eigenvalue weighted by molar-refractivity contribution is -0.122. The van der Waals surface area contributed by atoms with Crippen molar-refractivity contribution in [2.24, 2.45) is 0 Å². The molecule has 2 atom stereocenters. The van der Waals surface area contributed by atoms with Crippen LogP contribution in [0.1, 0.15) is 39.7 Å². The van der Waals surface area contributed by atoms with E-state index in [0.29, 0.717) is 18.5 Å². The van der Waals surface area contributed by atoms with Gasteiger partial charge in [-0.25, -0.2) is 13.2 Å². The van der Waals surface area contributed by atoms with Crippen LogP contribution >= 0.6 is 0 Å². The lowest BCUT2D eigenvalue weighted by Crippen LogP contribution is -2.51. The summed E-state index contributed by atoms with van der Waals surface area (Å²) in [4.78, 5) is 28.8. The maximum absolute atomic E-state index is 13.8. The molecule has 0 saturated heterocycles. The van der Waals surface area contributed by atoms with Crippen LogP contribution in [0.5, 0.6) is 0 Å². The van der Waals surface area contributed by atoms with Gasteiger partial charge in [0.25, 0.3) is 0 Å². The Balaban J connectivity index is 1.62. The highest BCUT2D eigenvalue weighted by atomic mass is 32.2. The molecule has 2 amide bonds. The van der Waals surface area contributed by atoms with Gasteiger partial charge in [-0.3, -0.25) is 9.69 Å². The summed E-state index contributed by atoms with van der Waals surface area (Å²) in [5, 5.41) is 6.02. The summed E-state index contributed by atoms with van der Waals surface area (Å²) >= 11 is 0. The minimum Gasteiger partial charge on any atom is -0.443 e. The van der Waals surface area contributed by atoms with Crippen LogP contribution in [0.4, 0.5) is 10.5 Å². The van der Waals surface area contributed by atoms with Crippen LogP contribution in [0.15, 0.2) is 120 Å². The molecule has 0 bridgehead atoms. The van der Waals surface area contributed by atoms with E-state index in [1.807, 2.05) is 66.7 Å². The Hall–Kier alpha value is -4.43. The second kappa shape index (κ2) is 13.7. The van der Waals surface area contributed by atoms with Crippen molar-refractivity contribution in [2.75, 3.05) is 4.90 Å². The molecule has 0 aromatic heterocycles. The lowest BCUT2D eigenvalue weighted by atomic mass is 10.0. The fourth-order valence-corrected chi connectivity index (χ4v) is 5.71. The van der Waals surface area contributed by atoms with E-state index in [0.717, 1.165) is 21.7 Å². The Kier molecular flexibility index (Phi) is 10.0. The maximum Gasteiger partial charge on any atom is 0.415 e. The molecular weight excluding hydrogens is 560 g/mol. The van der Waals surface area contributed by atoms with Crippen molar-refractivity contribution in [1.29, 1.82) is 0 Å². The number of carbonyl (C=O) groups is 2. The Morgan fingerprint density at radius 3 is 2.12 bits per heavy atom. The first-order chi connectivity index (χ1) is 20.4. The molecule has 0 radical (unpaired) electrons. The number of carbonyl (C=O) groups excluding carboxylic acids is 2. The lowest BCUT2D eigenvalue weighted by Gasteiger charge is -2.32. The topological polar surface area (TPSA) is 92.8 Å². The van der Waals surface area contributed by atoms with E-state index in [2.05, 4.69) is 5.32 Å². The third kappa shape index (κ3) is 8.78. The number of hydrogen-bond donors (Lipinski definition) is 1. The summed E-state index contributed by atoms with van der Waals surface area (Å²) in [7, 11) is -3.72. The van der Waals surface area contributed by atoms with Crippen molar-refractivity contribution in [1.82, 2.24) is 5.32 Å². The summed E-state index contributed by atoms with van der Waals surface area (Å²) in [6.45, 7) is 6.94. The molecular formula is C35H38N2O5S. The van der Waals surface area contributed by atoms with E-state index in [1.54, 1.807) is 52.0 Å². The molecule has 0 spiro atoms. The fraction of sp³-hybridized carbons (Fsp3) is 0.257. The predicted octanol–water partition coefficient (Wildman–Crippen LogP) is 7.08. The summed E-state index contributed by atoms with van der Waals surface area (Å²) < 4.78 is 31.7. The van der Waals surface area contributed by atoms with E-state index in [4.69, 9.17) is 4.74 Å². The normalized spacial score (nSPS) is 13.4. The van der Waals surface area contributed by atoms with Crippen molar-refractivity contribution in [3.8, 4) is 0 Å². The Labute approximate surface area is 254 Å². The number of nitrogens with one attached hydrogen (secondary N) is 1. The number of sulfone groups is 1. The molecule has 224 valence electrons. The molecule has 8 heteroatoms. The van der Waals surface area contributed by atoms with Gasteiger partial charge in [0, 0.05) is 17.1 Å². The van der Waals surface area contributed by atoms with Crippen LogP contribution in [0.2, 0.25) is 0 Å². The molecule has 4 aromatic carbocycles. The van der Waals surface area contributed by atoms with Gasteiger partial charge in [-0.1, -0.05) is 84.9 Å². The van der Waals surface area contributed by atoms with Crippen LogP contribution in [0.25, 0.3) is 10.8 Å². The van der Waals surface area contributed by atoms with Crippen molar-refractivity contribution in [3.05, 3.63) is 120 Å². The smallest absolute Gasteiger partial charge is 0.415 e. The number of anilines is 1. The molecule has 0 aliphatic rings. The second-order valence-corrected chi connectivity index (χ2v) is 13.2. The van der Waals surface area contributed by atoms with Gasteiger partial charge in [0.05, 0.1) is 4.90 Å². The molecule has 0 aliphatic carbocycles. The van der Waals surface area contributed by atoms with Crippen LogP contribution in [-0.2, 0) is 25.8 Å². The highest BCUT2D eigenvalue weighted by Gasteiger charge is 2.32. The van der Waals surface area contributed by atoms with Gasteiger partial charge in [0.15, 0.2) is 9.84 Å². The molecule has 0 aliphatic heterocycles. The number of fused-ring (bicyclic) bond motifs is 1. The largest absolute Gasteiger partial charge is 0.443 e. The van der Waals surface area contributed by atoms with Crippen molar-refractivity contribution in [3.63, 3.8) is 0 Å². The first-order valence-corrected chi connectivity index (χ1v) is 15.8. The molecule has 4 aromatic rings. The quantitative estimate of drug-likeness (QED) is 0.211. The highest BCUT2D eigenvalue weighted by Crippen LogP contribution is 2.26. The number of rotatable bonds is 10. The molecule has 4 rings (SSSR count). The van der Waals surface area contributed by atoms with Crippen molar-refractivity contribution < 1.29 is 22.7 Å². The molecule has 43 heavy (non-hydrogen) atoms. The third-order valence-electron chi connectivity index (χ3n) is 6.84. The number of amides is 2. The first kappa shape index (κ1) is 31.5. The number of hydrogen-bond acceptors (Lipinski definition) is 5. The van der Waals surface area contributed by atoms with Gasteiger partial charge in [-0.15, -0.1) is 0 Å². The monoisotopic (exact) mass is 598 g/mol. The van der Waals surface area contributed by atoms with Gasteiger partial charge in [0.2, 0.25) is 5.91 Å². The Bertz CT molecular complexity index is 1680. The number of ether oxygens (including phenoxy) is 1. The summed E-state index contributed by atoms with van der Waals surface area (Å²) in [6, 6.07) is 29.6. The molecule has 0 fully saturated rings. The summed E-state index contributed by atoms with van der Waals surface area (Å²) in [5.74, 6) is -0.446. The minimum atomic E-state index is -3.72. The van der Waals surface area contributed by atoms with E-state index in [1.165, 1.54) is 23.1 Å². The fourth-order valence-electron chi connectivity index (χ4n) is 4.62. The number of benzene rings is 4. The molecule has 0 heterocycles. The Morgan fingerprint density at radius 1 is 0.860 bits per heavy atom. The minimum absolute atomic E-state index is 0.167. The maximum atomic E-state index is 13.8. The molecule has 1 unspecified atom stereocenters. The van der Waals surface area contributed by atoms with E-state index < -0.39 is 39.5 Å². The third-order valence-corrected chi connectivity index (χ3v) is 8.29.